The molecular formula is C24H16Cl2N6O3S. The Labute approximate surface area is 217 Å². The molecule has 36 heavy (non-hydrogen) atoms. The molecule has 5 heterocycles. The first-order valence-electron chi connectivity index (χ1n) is 11.0. The molecule has 0 saturated carbocycles. The molecule has 6 rings (SSSR count). The van der Waals surface area contributed by atoms with E-state index in [1.54, 1.807) is 34.2 Å². The van der Waals surface area contributed by atoms with Gasteiger partial charge in [0.05, 0.1) is 11.7 Å². The van der Waals surface area contributed by atoms with Crippen molar-refractivity contribution >= 4 is 51.8 Å². The van der Waals surface area contributed by atoms with Crippen molar-refractivity contribution in [3.63, 3.8) is 0 Å². The minimum Gasteiger partial charge on any atom is -0.477 e. The Morgan fingerprint density at radius 1 is 1.14 bits per heavy atom. The molecule has 4 aromatic rings. The molecule has 0 bridgehead atoms. The van der Waals surface area contributed by atoms with Crippen LogP contribution in [-0.2, 0) is 6.42 Å². The number of benzene rings is 1. The van der Waals surface area contributed by atoms with E-state index in [1.165, 1.54) is 11.0 Å². The molecule has 0 aliphatic carbocycles. The van der Waals surface area contributed by atoms with Gasteiger partial charge < -0.3 is 9.67 Å². The van der Waals surface area contributed by atoms with E-state index in [0.717, 1.165) is 45.0 Å². The van der Waals surface area contributed by atoms with E-state index in [4.69, 9.17) is 23.2 Å². The van der Waals surface area contributed by atoms with Crippen molar-refractivity contribution in [2.45, 2.75) is 25.3 Å². The van der Waals surface area contributed by atoms with E-state index < -0.39 is 5.97 Å². The maximum absolute atomic E-state index is 13.4. The molecule has 180 valence electrons. The van der Waals surface area contributed by atoms with Crippen molar-refractivity contribution in [2.75, 3.05) is 0 Å². The number of hydrogen-bond donors (Lipinski definition) is 1. The predicted octanol–water partition coefficient (Wildman–Crippen LogP) is 4.84. The standard InChI is InChI=1S/C24H16Cl2N6O3S/c25-14-1-3-19(31-11-27-29-30-31)16(8-14)12-5-15-2-4-20(32(15)22(33)7-12)18-9-17(23(26)28-18)13-6-21(24(34)35)36-10-13/h1,3,5-8,10-11,20H,2,4,9H2,(H,34,35)/t20-/m0/s1. The third kappa shape index (κ3) is 3.87. The van der Waals surface area contributed by atoms with Gasteiger partial charge in [0, 0.05) is 40.1 Å². The first-order chi connectivity index (χ1) is 17.4. The Morgan fingerprint density at radius 2 is 2.00 bits per heavy atom. The predicted molar refractivity (Wildman–Crippen MR) is 137 cm³/mol. The van der Waals surface area contributed by atoms with Gasteiger partial charge in [0.25, 0.3) is 5.56 Å². The number of thiophene rings is 1. The van der Waals surface area contributed by atoms with E-state index in [2.05, 4.69) is 20.5 Å². The quantitative estimate of drug-likeness (QED) is 0.363. The monoisotopic (exact) mass is 538 g/mol. The fourth-order valence-electron chi connectivity index (χ4n) is 4.78. The zero-order valence-corrected chi connectivity index (χ0v) is 20.8. The molecule has 0 radical (unpaired) electrons. The van der Waals surface area contributed by atoms with Crippen LogP contribution in [0.5, 0.6) is 0 Å². The molecular weight excluding hydrogens is 523 g/mol. The number of rotatable bonds is 5. The van der Waals surface area contributed by atoms with Crippen molar-refractivity contribution in [1.29, 1.82) is 0 Å². The lowest BCUT2D eigenvalue weighted by atomic mass is 10.0. The highest BCUT2D eigenvalue weighted by Crippen LogP contribution is 2.40. The number of carbonyl (C=O) groups is 1. The highest BCUT2D eigenvalue weighted by atomic mass is 35.5. The minimum atomic E-state index is -0.975. The van der Waals surface area contributed by atoms with Crippen LogP contribution in [0.4, 0.5) is 0 Å². The van der Waals surface area contributed by atoms with Gasteiger partial charge in [0.2, 0.25) is 0 Å². The fraction of sp³-hybridized carbons (Fsp3) is 0.167. The van der Waals surface area contributed by atoms with Crippen LogP contribution in [0.25, 0.3) is 22.4 Å². The highest BCUT2D eigenvalue weighted by molar-refractivity contribution is 7.12. The summed E-state index contributed by atoms with van der Waals surface area (Å²) in [4.78, 5) is 29.5. The summed E-state index contributed by atoms with van der Waals surface area (Å²) in [5.41, 5.74) is 5.24. The molecule has 12 heteroatoms. The average Bonchev–Trinajstić information content (AvgIpc) is 3.64. The lowest BCUT2D eigenvalue weighted by Gasteiger charge is -2.16. The van der Waals surface area contributed by atoms with Gasteiger partial charge >= 0.3 is 5.97 Å². The molecule has 2 aliphatic heterocycles. The minimum absolute atomic E-state index is 0.149. The molecule has 0 spiro atoms. The van der Waals surface area contributed by atoms with E-state index in [9.17, 15) is 14.7 Å². The van der Waals surface area contributed by atoms with Crippen molar-refractivity contribution in [2.24, 2.45) is 4.99 Å². The molecule has 2 aliphatic rings. The Balaban J connectivity index is 1.33. The average molecular weight is 539 g/mol. The number of tetrazole rings is 1. The van der Waals surface area contributed by atoms with E-state index in [0.29, 0.717) is 35.1 Å². The van der Waals surface area contributed by atoms with Crippen LogP contribution in [0.3, 0.4) is 0 Å². The van der Waals surface area contributed by atoms with Crippen molar-refractivity contribution in [1.82, 2.24) is 24.8 Å². The number of pyridine rings is 1. The first-order valence-corrected chi connectivity index (χ1v) is 12.6. The Bertz CT molecular complexity index is 1650. The summed E-state index contributed by atoms with van der Waals surface area (Å²) in [5, 5.41) is 23.3. The smallest absolute Gasteiger partial charge is 0.345 e. The molecule has 0 fully saturated rings. The number of carboxylic acid groups (broad SMARTS) is 1. The van der Waals surface area contributed by atoms with Gasteiger partial charge in [0.15, 0.2) is 0 Å². The highest BCUT2D eigenvalue weighted by Gasteiger charge is 2.32. The summed E-state index contributed by atoms with van der Waals surface area (Å²) in [7, 11) is 0. The van der Waals surface area contributed by atoms with Gasteiger partial charge in [-0.2, -0.15) is 4.68 Å². The number of hydrogen-bond acceptors (Lipinski definition) is 7. The molecule has 0 amide bonds. The van der Waals surface area contributed by atoms with Crippen molar-refractivity contribution < 1.29 is 9.90 Å². The summed E-state index contributed by atoms with van der Waals surface area (Å²) in [6.07, 6.45) is 3.36. The molecule has 1 aromatic carbocycles. The number of nitrogens with zero attached hydrogens (tertiary/aromatic N) is 6. The summed E-state index contributed by atoms with van der Waals surface area (Å²) in [6, 6.07) is 10.3. The number of aryl methyl sites for hydroxylation is 1. The van der Waals surface area contributed by atoms with Gasteiger partial charge in [-0.25, -0.2) is 9.79 Å². The number of halogens is 2. The third-order valence-electron chi connectivity index (χ3n) is 6.39. The molecule has 1 atom stereocenters. The van der Waals surface area contributed by atoms with E-state index in [1.807, 2.05) is 12.1 Å². The maximum Gasteiger partial charge on any atom is 0.345 e. The molecule has 0 unspecified atom stereocenters. The van der Waals surface area contributed by atoms with Gasteiger partial charge in [0.1, 0.15) is 16.4 Å². The number of aromatic carboxylic acids is 1. The Kier molecular flexibility index (Phi) is 5.59. The second kappa shape index (κ2) is 8.81. The van der Waals surface area contributed by atoms with E-state index >= 15 is 0 Å². The van der Waals surface area contributed by atoms with Gasteiger partial charge in [-0.1, -0.05) is 23.2 Å². The van der Waals surface area contributed by atoms with Crippen molar-refractivity contribution in [3.05, 3.63) is 84.8 Å². The summed E-state index contributed by atoms with van der Waals surface area (Å²) in [5.74, 6) is -0.975. The topological polar surface area (TPSA) is 115 Å². The Hall–Kier alpha value is -3.60. The summed E-state index contributed by atoms with van der Waals surface area (Å²) >= 11 is 13.9. The van der Waals surface area contributed by atoms with Crippen LogP contribution in [0, 0.1) is 0 Å². The number of fused-ring (bicyclic) bond motifs is 1. The van der Waals surface area contributed by atoms with Gasteiger partial charge in [-0.15, -0.1) is 16.4 Å². The molecule has 1 N–H and O–H groups in total. The second-order valence-corrected chi connectivity index (χ2v) is 10.2. The zero-order valence-electron chi connectivity index (χ0n) is 18.4. The number of aliphatic imine (C=N–C) groups is 1. The lowest BCUT2D eigenvalue weighted by Crippen LogP contribution is -2.27. The van der Waals surface area contributed by atoms with Crippen LogP contribution >= 0.6 is 34.5 Å². The maximum atomic E-state index is 13.4. The number of allylic oxidation sites excluding steroid dienone is 1. The Morgan fingerprint density at radius 3 is 2.75 bits per heavy atom. The SMILES string of the molecule is O=C(O)c1cc(C2=C(Cl)N=C([C@@H]3CCc4cc(-c5cc(Cl)ccc5-n5cnnn5)cc(=O)n43)C2)cs1. The first kappa shape index (κ1) is 22.8. The van der Waals surface area contributed by atoms with Crippen molar-refractivity contribution in [3.8, 4) is 16.8 Å². The van der Waals surface area contributed by atoms with E-state index in [-0.39, 0.29) is 16.5 Å². The largest absolute Gasteiger partial charge is 0.477 e. The van der Waals surface area contributed by atoms with Crippen LogP contribution in [0.2, 0.25) is 5.02 Å². The van der Waals surface area contributed by atoms with Crippen LogP contribution in [0.1, 0.15) is 39.8 Å². The normalized spacial score (nSPS) is 16.9. The summed E-state index contributed by atoms with van der Waals surface area (Å²) < 4.78 is 3.30. The van der Waals surface area contributed by atoms with Gasteiger partial charge in [-0.3, -0.25) is 4.79 Å². The lowest BCUT2D eigenvalue weighted by molar-refractivity contribution is 0.0702. The van der Waals surface area contributed by atoms with Crippen LogP contribution < -0.4 is 5.56 Å². The third-order valence-corrected chi connectivity index (χ3v) is 7.86. The summed E-state index contributed by atoms with van der Waals surface area (Å²) in [6.45, 7) is 0. The molecule has 3 aromatic heterocycles. The number of aromatic nitrogens is 5. The second-order valence-electron chi connectivity index (χ2n) is 8.47. The van der Waals surface area contributed by atoms with Crippen LogP contribution in [-0.4, -0.2) is 41.6 Å². The van der Waals surface area contributed by atoms with Gasteiger partial charge in [-0.05, 0) is 70.1 Å². The number of carboxylic acids is 1. The molecule has 9 nitrogen and oxygen atoms in total. The zero-order chi connectivity index (χ0) is 25.0. The molecule has 0 saturated heterocycles. The van der Waals surface area contributed by atoms with Crippen LogP contribution in [0.15, 0.2) is 63.0 Å². The fourth-order valence-corrected chi connectivity index (χ4v) is 6.00.